The van der Waals surface area contributed by atoms with Gasteiger partial charge in [-0.15, -0.1) is 12.4 Å². The van der Waals surface area contributed by atoms with Crippen molar-refractivity contribution in [3.8, 4) is 5.75 Å². The van der Waals surface area contributed by atoms with E-state index < -0.39 is 0 Å². The van der Waals surface area contributed by atoms with Crippen molar-refractivity contribution >= 4 is 34.0 Å². The van der Waals surface area contributed by atoms with E-state index in [1.807, 2.05) is 48.5 Å². The highest BCUT2D eigenvalue weighted by molar-refractivity contribution is 6.10. The van der Waals surface area contributed by atoms with Crippen molar-refractivity contribution < 1.29 is 5.11 Å². The predicted octanol–water partition coefficient (Wildman–Crippen LogP) is 4.12. The number of hydrogen-bond donors (Lipinski definition) is 1. The average molecular weight is 231 g/mol. The molecule has 2 heteroatoms. The Labute approximate surface area is 99.7 Å². The third kappa shape index (κ3) is 1.50. The van der Waals surface area contributed by atoms with Crippen molar-refractivity contribution in [1.29, 1.82) is 0 Å². The quantitative estimate of drug-likeness (QED) is 0.576. The minimum Gasteiger partial charge on any atom is -0.507 e. The Hall–Kier alpha value is -1.73. The number of hydrogen-bond acceptors (Lipinski definition) is 1. The standard InChI is InChI=1S/C14H10O.ClH/c15-14-9-10-5-1-2-6-11(10)12-7-3-4-8-13(12)14;/h1-9,15H;1H. The Morgan fingerprint density at radius 1 is 0.688 bits per heavy atom. The molecule has 0 aliphatic rings. The topological polar surface area (TPSA) is 20.2 Å². The summed E-state index contributed by atoms with van der Waals surface area (Å²) in [5.41, 5.74) is 0. The van der Waals surface area contributed by atoms with E-state index in [0.29, 0.717) is 5.75 Å². The SMILES string of the molecule is Cl.Oc1cc2ccccc2c2ccccc12. The second-order valence-corrected chi connectivity index (χ2v) is 3.66. The number of rotatable bonds is 0. The number of fused-ring (bicyclic) bond motifs is 3. The molecule has 3 rings (SSSR count). The zero-order valence-corrected chi connectivity index (χ0v) is 9.37. The van der Waals surface area contributed by atoms with Crippen molar-refractivity contribution in [3.05, 3.63) is 54.6 Å². The first kappa shape index (κ1) is 10.8. The van der Waals surface area contributed by atoms with Crippen LogP contribution in [-0.2, 0) is 0 Å². The van der Waals surface area contributed by atoms with E-state index in [-0.39, 0.29) is 12.4 Å². The third-order valence-corrected chi connectivity index (χ3v) is 2.75. The van der Waals surface area contributed by atoms with Crippen molar-refractivity contribution in [2.24, 2.45) is 0 Å². The van der Waals surface area contributed by atoms with Crippen LogP contribution in [0.3, 0.4) is 0 Å². The molecular formula is C14H11ClO. The summed E-state index contributed by atoms with van der Waals surface area (Å²) in [5, 5.41) is 14.2. The van der Waals surface area contributed by atoms with E-state index in [2.05, 4.69) is 6.07 Å². The van der Waals surface area contributed by atoms with Gasteiger partial charge in [0.1, 0.15) is 5.75 Å². The van der Waals surface area contributed by atoms with Crippen LogP contribution >= 0.6 is 12.4 Å². The highest BCUT2D eigenvalue weighted by atomic mass is 35.5. The van der Waals surface area contributed by atoms with Crippen molar-refractivity contribution in [3.63, 3.8) is 0 Å². The lowest BCUT2D eigenvalue weighted by Gasteiger charge is -2.05. The summed E-state index contributed by atoms with van der Waals surface area (Å²) in [6, 6.07) is 17.8. The van der Waals surface area contributed by atoms with Gasteiger partial charge in [0.05, 0.1) is 0 Å². The summed E-state index contributed by atoms with van der Waals surface area (Å²) in [7, 11) is 0. The van der Waals surface area contributed by atoms with E-state index in [0.717, 1.165) is 16.2 Å². The predicted molar refractivity (Wildman–Crippen MR) is 70.4 cm³/mol. The molecule has 0 radical (unpaired) electrons. The molecule has 0 saturated heterocycles. The molecule has 3 aromatic rings. The first-order chi connectivity index (χ1) is 7.36. The molecule has 16 heavy (non-hydrogen) atoms. The van der Waals surface area contributed by atoms with Crippen LogP contribution in [-0.4, -0.2) is 5.11 Å². The maximum atomic E-state index is 9.87. The molecule has 0 spiro atoms. The smallest absolute Gasteiger partial charge is 0.124 e. The van der Waals surface area contributed by atoms with Crippen LogP contribution < -0.4 is 0 Å². The van der Waals surface area contributed by atoms with Crippen LogP contribution in [0.5, 0.6) is 5.75 Å². The zero-order chi connectivity index (χ0) is 10.3. The van der Waals surface area contributed by atoms with Crippen LogP contribution in [0.25, 0.3) is 21.5 Å². The van der Waals surface area contributed by atoms with E-state index in [9.17, 15) is 5.11 Å². The Morgan fingerprint density at radius 2 is 1.25 bits per heavy atom. The lowest BCUT2D eigenvalue weighted by molar-refractivity contribution is 0.482. The summed E-state index contributed by atoms with van der Waals surface area (Å²) >= 11 is 0. The molecule has 80 valence electrons. The fourth-order valence-electron chi connectivity index (χ4n) is 2.03. The van der Waals surface area contributed by atoms with Gasteiger partial charge in [-0.3, -0.25) is 0 Å². The van der Waals surface area contributed by atoms with Gasteiger partial charge >= 0.3 is 0 Å². The first-order valence-electron chi connectivity index (χ1n) is 4.96. The Bertz CT molecular complexity index is 646. The van der Waals surface area contributed by atoms with Crippen LogP contribution in [0.15, 0.2) is 54.6 Å². The number of benzene rings is 3. The fraction of sp³-hybridized carbons (Fsp3) is 0. The fourth-order valence-corrected chi connectivity index (χ4v) is 2.03. The normalized spacial score (nSPS) is 10.2. The minimum absolute atomic E-state index is 0. The molecule has 0 unspecified atom stereocenters. The van der Waals surface area contributed by atoms with E-state index in [1.165, 1.54) is 5.39 Å². The summed E-state index contributed by atoms with van der Waals surface area (Å²) in [4.78, 5) is 0. The molecule has 0 fully saturated rings. The van der Waals surface area contributed by atoms with E-state index in [1.54, 1.807) is 0 Å². The average Bonchev–Trinajstić information content (AvgIpc) is 2.30. The summed E-state index contributed by atoms with van der Waals surface area (Å²) in [5.74, 6) is 0.351. The molecule has 0 aliphatic heterocycles. The summed E-state index contributed by atoms with van der Waals surface area (Å²) in [6.45, 7) is 0. The highest BCUT2D eigenvalue weighted by Crippen LogP contribution is 2.32. The van der Waals surface area contributed by atoms with Crippen LogP contribution in [0.4, 0.5) is 0 Å². The zero-order valence-electron chi connectivity index (χ0n) is 8.55. The Kier molecular flexibility index (Phi) is 2.71. The second kappa shape index (κ2) is 4.03. The molecule has 0 aromatic heterocycles. The van der Waals surface area contributed by atoms with Gasteiger partial charge in [-0.2, -0.15) is 0 Å². The number of aromatic hydroxyl groups is 1. The summed E-state index contributed by atoms with van der Waals surface area (Å²) in [6.07, 6.45) is 0. The van der Waals surface area contributed by atoms with Gasteiger partial charge in [-0.05, 0) is 22.2 Å². The molecule has 1 nitrogen and oxygen atoms in total. The lowest BCUT2D eigenvalue weighted by Crippen LogP contribution is -1.77. The van der Waals surface area contributed by atoms with Gasteiger partial charge < -0.3 is 5.11 Å². The number of halogens is 1. The minimum atomic E-state index is 0. The molecule has 0 bridgehead atoms. The molecule has 0 heterocycles. The van der Waals surface area contributed by atoms with Gasteiger partial charge in [-0.25, -0.2) is 0 Å². The Balaban J connectivity index is 0.000000963. The summed E-state index contributed by atoms with van der Waals surface area (Å²) < 4.78 is 0. The molecule has 0 saturated carbocycles. The van der Waals surface area contributed by atoms with Crippen molar-refractivity contribution in [2.45, 2.75) is 0 Å². The number of phenols is 1. The van der Waals surface area contributed by atoms with E-state index in [4.69, 9.17) is 0 Å². The Morgan fingerprint density at radius 3 is 2.00 bits per heavy atom. The van der Waals surface area contributed by atoms with Crippen LogP contribution in [0, 0.1) is 0 Å². The first-order valence-corrected chi connectivity index (χ1v) is 4.96. The lowest BCUT2D eigenvalue weighted by atomic mass is 10.0. The van der Waals surface area contributed by atoms with E-state index >= 15 is 0 Å². The molecule has 0 amide bonds. The van der Waals surface area contributed by atoms with Gasteiger partial charge in [0.15, 0.2) is 0 Å². The number of phenolic OH excluding ortho intramolecular Hbond substituents is 1. The largest absolute Gasteiger partial charge is 0.507 e. The molecule has 1 N–H and O–H groups in total. The monoisotopic (exact) mass is 230 g/mol. The van der Waals surface area contributed by atoms with Gasteiger partial charge in [-0.1, -0.05) is 48.5 Å². The molecule has 3 aromatic carbocycles. The van der Waals surface area contributed by atoms with Gasteiger partial charge in [0.25, 0.3) is 0 Å². The second-order valence-electron chi connectivity index (χ2n) is 3.66. The molecular weight excluding hydrogens is 220 g/mol. The maximum absolute atomic E-state index is 9.87. The maximum Gasteiger partial charge on any atom is 0.124 e. The van der Waals surface area contributed by atoms with Crippen LogP contribution in [0.2, 0.25) is 0 Å². The highest BCUT2D eigenvalue weighted by Gasteiger charge is 2.03. The van der Waals surface area contributed by atoms with Gasteiger partial charge in [0, 0.05) is 5.39 Å². The van der Waals surface area contributed by atoms with Crippen LogP contribution in [0.1, 0.15) is 0 Å². The third-order valence-electron chi connectivity index (χ3n) is 2.75. The van der Waals surface area contributed by atoms with Crippen molar-refractivity contribution in [1.82, 2.24) is 0 Å². The van der Waals surface area contributed by atoms with Gasteiger partial charge in [0.2, 0.25) is 0 Å². The molecule has 0 aliphatic carbocycles. The molecule has 0 atom stereocenters. The van der Waals surface area contributed by atoms with Crippen molar-refractivity contribution in [2.75, 3.05) is 0 Å².